The van der Waals surface area contributed by atoms with Crippen LogP contribution in [-0.4, -0.2) is 5.78 Å². The molecule has 2 rings (SSSR count). The van der Waals surface area contributed by atoms with Gasteiger partial charge in [0.05, 0.1) is 0 Å². The van der Waals surface area contributed by atoms with Gasteiger partial charge in [-0.15, -0.1) is 0 Å². The Morgan fingerprint density at radius 3 is 2.82 bits per heavy atom. The van der Waals surface area contributed by atoms with E-state index in [4.69, 9.17) is 0 Å². The van der Waals surface area contributed by atoms with E-state index in [1.807, 2.05) is 25.1 Å². The van der Waals surface area contributed by atoms with Crippen molar-refractivity contribution in [2.45, 2.75) is 39.5 Å². The van der Waals surface area contributed by atoms with Gasteiger partial charge in [0.25, 0.3) is 0 Å². The first-order valence-electron chi connectivity index (χ1n) is 6.39. The normalized spacial score (nSPS) is 24.6. The number of rotatable bonds is 2. The van der Waals surface area contributed by atoms with Gasteiger partial charge in [-0.05, 0) is 37.3 Å². The smallest absolute Gasteiger partial charge is 0.166 e. The number of carbonyl (C=O) groups is 1. The fourth-order valence-corrected chi connectivity index (χ4v) is 3.13. The zero-order valence-corrected chi connectivity index (χ0v) is 12.1. The van der Waals surface area contributed by atoms with Crippen LogP contribution in [0, 0.1) is 18.8 Å². The van der Waals surface area contributed by atoms with Crippen LogP contribution >= 0.6 is 15.9 Å². The molecule has 17 heavy (non-hydrogen) atoms. The molecule has 0 N–H and O–H groups in total. The van der Waals surface area contributed by atoms with Gasteiger partial charge >= 0.3 is 0 Å². The van der Waals surface area contributed by atoms with Crippen molar-refractivity contribution in [3.8, 4) is 0 Å². The predicted molar refractivity (Wildman–Crippen MR) is 74.3 cm³/mol. The van der Waals surface area contributed by atoms with Crippen molar-refractivity contribution < 1.29 is 4.79 Å². The van der Waals surface area contributed by atoms with E-state index in [2.05, 4.69) is 22.9 Å². The van der Waals surface area contributed by atoms with Gasteiger partial charge in [0.2, 0.25) is 0 Å². The van der Waals surface area contributed by atoms with E-state index < -0.39 is 0 Å². The summed E-state index contributed by atoms with van der Waals surface area (Å²) in [6, 6.07) is 5.91. The minimum absolute atomic E-state index is 0.242. The quantitative estimate of drug-likeness (QED) is 0.718. The first kappa shape index (κ1) is 12.8. The molecule has 1 aromatic rings. The fourth-order valence-electron chi connectivity index (χ4n) is 2.77. The number of Topliss-reactive ketones (excluding diaryl/α,β-unsaturated/α-hetero) is 1. The fraction of sp³-hybridized carbons (Fsp3) is 0.533. The Kier molecular flexibility index (Phi) is 4.03. The molecule has 2 atom stereocenters. The standard InChI is InChI=1S/C15H19BrO/c1-10-5-3-6-12(9-10)15(17)13-7-4-8-14(16)11(13)2/h4,7-8,10,12H,3,5-6,9H2,1-2H3. The van der Waals surface area contributed by atoms with Gasteiger partial charge in [-0.3, -0.25) is 4.79 Å². The van der Waals surface area contributed by atoms with Crippen molar-refractivity contribution in [3.63, 3.8) is 0 Å². The molecule has 0 heterocycles. The molecular formula is C15H19BrO. The highest BCUT2D eigenvalue weighted by molar-refractivity contribution is 9.10. The molecule has 1 fully saturated rings. The van der Waals surface area contributed by atoms with Crippen LogP contribution in [-0.2, 0) is 0 Å². The second kappa shape index (κ2) is 5.34. The molecule has 92 valence electrons. The molecule has 1 aromatic carbocycles. The molecule has 0 aromatic heterocycles. The third kappa shape index (κ3) is 2.79. The summed E-state index contributed by atoms with van der Waals surface area (Å²) < 4.78 is 1.03. The lowest BCUT2D eigenvalue weighted by atomic mass is 9.78. The number of halogens is 1. The van der Waals surface area contributed by atoms with Gasteiger partial charge in [0.1, 0.15) is 0 Å². The summed E-state index contributed by atoms with van der Waals surface area (Å²) in [7, 11) is 0. The van der Waals surface area contributed by atoms with Crippen molar-refractivity contribution in [3.05, 3.63) is 33.8 Å². The highest BCUT2D eigenvalue weighted by Gasteiger charge is 2.26. The second-order valence-corrected chi connectivity index (χ2v) is 6.10. The summed E-state index contributed by atoms with van der Waals surface area (Å²) in [6.07, 6.45) is 4.60. The van der Waals surface area contributed by atoms with E-state index >= 15 is 0 Å². The van der Waals surface area contributed by atoms with Crippen LogP contribution in [0.2, 0.25) is 0 Å². The van der Waals surface area contributed by atoms with Crippen molar-refractivity contribution in [2.75, 3.05) is 0 Å². The Bertz CT molecular complexity index is 425. The van der Waals surface area contributed by atoms with Gasteiger partial charge in [-0.25, -0.2) is 0 Å². The molecule has 0 amide bonds. The topological polar surface area (TPSA) is 17.1 Å². The van der Waals surface area contributed by atoms with Crippen LogP contribution in [0.25, 0.3) is 0 Å². The summed E-state index contributed by atoms with van der Waals surface area (Å²) in [4.78, 5) is 12.5. The van der Waals surface area contributed by atoms with Crippen LogP contribution in [0.4, 0.5) is 0 Å². The van der Waals surface area contributed by atoms with Crippen LogP contribution in [0.15, 0.2) is 22.7 Å². The van der Waals surface area contributed by atoms with Crippen molar-refractivity contribution in [2.24, 2.45) is 11.8 Å². The molecule has 2 unspecified atom stereocenters. The molecule has 2 heteroatoms. The van der Waals surface area contributed by atoms with E-state index in [1.54, 1.807) is 0 Å². The van der Waals surface area contributed by atoms with Gasteiger partial charge in [-0.2, -0.15) is 0 Å². The Balaban J connectivity index is 2.22. The first-order chi connectivity index (χ1) is 8.09. The highest BCUT2D eigenvalue weighted by Crippen LogP contribution is 2.32. The Labute approximate surface area is 112 Å². The lowest BCUT2D eigenvalue weighted by Gasteiger charge is -2.26. The van der Waals surface area contributed by atoms with E-state index in [9.17, 15) is 4.79 Å². The molecule has 0 spiro atoms. The number of hydrogen-bond acceptors (Lipinski definition) is 1. The summed E-state index contributed by atoms with van der Waals surface area (Å²) in [5, 5.41) is 0. The molecule has 1 aliphatic rings. The molecule has 0 bridgehead atoms. The zero-order valence-electron chi connectivity index (χ0n) is 10.5. The van der Waals surface area contributed by atoms with Gasteiger partial charge < -0.3 is 0 Å². The third-order valence-electron chi connectivity index (χ3n) is 3.84. The maximum absolute atomic E-state index is 12.5. The number of hydrogen-bond donors (Lipinski definition) is 0. The molecule has 1 nitrogen and oxygen atoms in total. The number of carbonyl (C=O) groups excluding carboxylic acids is 1. The van der Waals surface area contributed by atoms with Gasteiger partial charge in [0.15, 0.2) is 5.78 Å². The molecule has 1 aliphatic carbocycles. The minimum Gasteiger partial charge on any atom is -0.294 e. The van der Waals surface area contributed by atoms with Gasteiger partial charge in [0, 0.05) is 16.0 Å². The molecule has 1 saturated carbocycles. The first-order valence-corrected chi connectivity index (χ1v) is 7.18. The van der Waals surface area contributed by atoms with Crippen molar-refractivity contribution >= 4 is 21.7 Å². The lowest BCUT2D eigenvalue weighted by Crippen LogP contribution is -2.22. The van der Waals surface area contributed by atoms with Crippen LogP contribution in [0.1, 0.15) is 48.5 Å². The van der Waals surface area contributed by atoms with Crippen LogP contribution < -0.4 is 0 Å². The van der Waals surface area contributed by atoms with Gasteiger partial charge in [-0.1, -0.05) is 47.8 Å². The average Bonchev–Trinajstić information content (AvgIpc) is 2.32. The maximum Gasteiger partial charge on any atom is 0.166 e. The maximum atomic E-state index is 12.5. The molecule has 0 aliphatic heterocycles. The summed E-state index contributed by atoms with van der Waals surface area (Å²) in [6.45, 7) is 4.27. The largest absolute Gasteiger partial charge is 0.294 e. The van der Waals surface area contributed by atoms with Crippen LogP contribution in [0.3, 0.4) is 0 Å². The predicted octanol–water partition coefficient (Wildman–Crippen LogP) is 4.77. The number of benzene rings is 1. The van der Waals surface area contributed by atoms with E-state index in [0.717, 1.165) is 28.4 Å². The Morgan fingerprint density at radius 2 is 2.12 bits per heavy atom. The second-order valence-electron chi connectivity index (χ2n) is 5.25. The summed E-state index contributed by atoms with van der Waals surface area (Å²) >= 11 is 3.50. The summed E-state index contributed by atoms with van der Waals surface area (Å²) in [5.74, 6) is 1.28. The van der Waals surface area contributed by atoms with E-state index in [1.165, 1.54) is 12.8 Å². The third-order valence-corrected chi connectivity index (χ3v) is 4.70. The average molecular weight is 295 g/mol. The van der Waals surface area contributed by atoms with Crippen molar-refractivity contribution in [1.29, 1.82) is 0 Å². The Hall–Kier alpha value is -0.630. The molecule has 0 radical (unpaired) electrons. The van der Waals surface area contributed by atoms with Crippen LogP contribution in [0.5, 0.6) is 0 Å². The summed E-state index contributed by atoms with van der Waals surface area (Å²) in [5.41, 5.74) is 1.98. The minimum atomic E-state index is 0.242. The highest BCUT2D eigenvalue weighted by atomic mass is 79.9. The van der Waals surface area contributed by atoms with E-state index in [-0.39, 0.29) is 5.92 Å². The lowest BCUT2D eigenvalue weighted by molar-refractivity contribution is 0.0867. The zero-order chi connectivity index (χ0) is 12.4. The number of ketones is 1. The monoisotopic (exact) mass is 294 g/mol. The molecular weight excluding hydrogens is 276 g/mol. The molecule has 0 saturated heterocycles. The Morgan fingerprint density at radius 1 is 1.35 bits per heavy atom. The SMILES string of the molecule is Cc1c(Br)cccc1C(=O)C1CCCC(C)C1. The van der Waals surface area contributed by atoms with Crippen molar-refractivity contribution in [1.82, 2.24) is 0 Å². The van der Waals surface area contributed by atoms with E-state index in [0.29, 0.717) is 11.7 Å².